The third kappa shape index (κ3) is 3.27. The molecule has 1 unspecified atom stereocenters. The zero-order valence-electron chi connectivity index (χ0n) is 14.3. The predicted molar refractivity (Wildman–Crippen MR) is 96.3 cm³/mol. The van der Waals surface area contributed by atoms with Crippen LogP contribution in [0, 0.1) is 6.92 Å². The van der Waals surface area contributed by atoms with Crippen molar-refractivity contribution in [3.63, 3.8) is 0 Å². The minimum atomic E-state index is -0.0697. The van der Waals surface area contributed by atoms with Crippen LogP contribution in [0.5, 0.6) is 11.5 Å². The molecule has 2 aliphatic rings. The number of carbonyl (C=O) groups excluding carboxylic acids is 1. The summed E-state index contributed by atoms with van der Waals surface area (Å²) in [5, 5.41) is 3.00. The maximum atomic E-state index is 12.8. The van der Waals surface area contributed by atoms with Gasteiger partial charge in [-0.25, -0.2) is 4.79 Å². The highest BCUT2D eigenvalue weighted by atomic mass is 16.6. The number of nitrogens with one attached hydrogen (secondary N) is 1. The molecule has 1 atom stereocenters. The Kier molecular flexibility index (Phi) is 4.22. The van der Waals surface area contributed by atoms with Gasteiger partial charge in [-0.3, -0.25) is 0 Å². The van der Waals surface area contributed by atoms with Gasteiger partial charge in [0, 0.05) is 18.3 Å². The summed E-state index contributed by atoms with van der Waals surface area (Å²) in [5.74, 6) is 1.41. The average Bonchev–Trinajstić information content (AvgIpc) is 3.12. The van der Waals surface area contributed by atoms with Gasteiger partial charge in [-0.15, -0.1) is 0 Å². The Morgan fingerprint density at radius 3 is 2.64 bits per heavy atom. The first-order valence-electron chi connectivity index (χ1n) is 8.74. The van der Waals surface area contributed by atoms with Crippen molar-refractivity contribution < 1.29 is 14.3 Å². The van der Waals surface area contributed by atoms with Gasteiger partial charge in [0.1, 0.15) is 13.2 Å². The molecular formula is C20H22N2O3. The van der Waals surface area contributed by atoms with Crippen molar-refractivity contribution in [2.24, 2.45) is 0 Å². The van der Waals surface area contributed by atoms with E-state index in [9.17, 15) is 4.79 Å². The van der Waals surface area contributed by atoms with E-state index in [1.54, 1.807) is 0 Å². The number of urea groups is 1. The summed E-state index contributed by atoms with van der Waals surface area (Å²) in [4.78, 5) is 14.7. The van der Waals surface area contributed by atoms with Gasteiger partial charge in [0.05, 0.1) is 6.04 Å². The maximum absolute atomic E-state index is 12.8. The second kappa shape index (κ2) is 6.67. The third-order valence-corrected chi connectivity index (χ3v) is 4.77. The van der Waals surface area contributed by atoms with Crippen molar-refractivity contribution in [1.29, 1.82) is 0 Å². The molecule has 0 spiro atoms. The van der Waals surface area contributed by atoms with Gasteiger partial charge >= 0.3 is 6.03 Å². The quantitative estimate of drug-likeness (QED) is 0.895. The van der Waals surface area contributed by atoms with Gasteiger partial charge in [-0.2, -0.15) is 0 Å². The molecule has 0 aliphatic carbocycles. The van der Waals surface area contributed by atoms with Crippen LogP contribution in [-0.2, 0) is 0 Å². The lowest BCUT2D eigenvalue weighted by Crippen LogP contribution is -2.34. The standard InChI is InChI=1S/C20H22N2O3/c1-14-4-6-15(7-5-14)17-3-2-10-22(17)20(23)21-16-8-9-18-19(13-16)25-12-11-24-18/h4-9,13,17H,2-3,10-12H2,1H3,(H,21,23). The predicted octanol–water partition coefficient (Wildman–Crippen LogP) is 4.14. The molecule has 2 amide bonds. The lowest BCUT2D eigenvalue weighted by atomic mass is 10.0. The monoisotopic (exact) mass is 338 g/mol. The molecule has 0 aromatic heterocycles. The second-order valence-corrected chi connectivity index (χ2v) is 6.55. The summed E-state index contributed by atoms with van der Waals surface area (Å²) in [6.07, 6.45) is 2.02. The highest BCUT2D eigenvalue weighted by Crippen LogP contribution is 2.35. The average molecular weight is 338 g/mol. The molecule has 2 aromatic rings. The molecule has 5 nitrogen and oxygen atoms in total. The van der Waals surface area contributed by atoms with Crippen LogP contribution >= 0.6 is 0 Å². The lowest BCUT2D eigenvalue weighted by Gasteiger charge is -2.26. The number of nitrogens with zero attached hydrogens (tertiary/aromatic N) is 1. The number of amides is 2. The second-order valence-electron chi connectivity index (χ2n) is 6.55. The zero-order valence-corrected chi connectivity index (χ0v) is 14.3. The number of ether oxygens (including phenoxy) is 2. The van der Waals surface area contributed by atoms with Crippen LogP contribution in [-0.4, -0.2) is 30.7 Å². The fourth-order valence-electron chi connectivity index (χ4n) is 3.46. The van der Waals surface area contributed by atoms with Gasteiger partial charge in [-0.05, 0) is 37.5 Å². The SMILES string of the molecule is Cc1ccc(C2CCCN2C(=O)Nc2ccc3c(c2)OCCO3)cc1. The Labute approximate surface area is 147 Å². The molecule has 25 heavy (non-hydrogen) atoms. The van der Waals surface area contributed by atoms with E-state index in [0.717, 1.165) is 30.8 Å². The molecule has 1 saturated heterocycles. The van der Waals surface area contributed by atoms with E-state index in [1.165, 1.54) is 11.1 Å². The number of aryl methyl sites for hydroxylation is 1. The number of rotatable bonds is 2. The number of carbonyl (C=O) groups is 1. The summed E-state index contributed by atoms with van der Waals surface area (Å²) >= 11 is 0. The number of hydrogen-bond acceptors (Lipinski definition) is 3. The summed E-state index contributed by atoms with van der Waals surface area (Å²) in [7, 11) is 0. The number of likely N-dealkylation sites (tertiary alicyclic amines) is 1. The fraction of sp³-hybridized carbons (Fsp3) is 0.350. The van der Waals surface area contributed by atoms with Crippen LogP contribution in [0.15, 0.2) is 42.5 Å². The molecule has 0 bridgehead atoms. The van der Waals surface area contributed by atoms with Gasteiger partial charge in [0.25, 0.3) is 0 Å². The van der Waals surface area contributed by atoms with Gasteiger partial charge in [0.2, 0.25) is 0 Å². The first-order chi connectivity index (χ1) is 12.2. The van der Waals surface area contributed by atoms with E-state index >= 15 is 0 Å². The Hall–Kier alpha value is -2.69. The Balaban J connectivity index is 1.49. The third-order valence-electron chi connectivity index (χ3n) is 4.77. The van der Waals surface area contributed by atoms with Gasteiger partial charge in [-0.1, -0.05) is 29.8 Å². The Bertz CT molecular complexity index is 773. The van der Waals surface area contributed by atoms with Crippen LogP contribution in [0.2, 0.25) is 0 Å². The van der Waals surface area contributed by atoms with Crippen molar-refractivity contribution >= 4 is 11.7 Å². The summed E-state index contributed by atoms with van der Waals surface area (Å²) in [6, 6.07) is 14.0. The maximum Gasteiger partial charge on any atom is 0.322 e. The summed E-state index contributed by atoms with van der Waals surface area (Å²) in [6.45, 7) is 3.94. The van der Waals surface area contributed by atoms with E-state index in [0.29, 0.717) is 19.0 Å². The Morgan fingerprint density at radius 2 is 1.84 bits per heavy atom. The molecule has 0 saturated carbocycles. The topological polar surface area (TPSA) is 50.8 Å². The molecule has 1 N–H and O–H groups in total. The van der Waals surface area contributed by atoms with Crippen LogP contribution < -0.4 is 14.8 Å². The van der Waals surface area contributed by atoms with Gasteiger partial charge in [0.15, 0.2) is 11.5 Å². The van der Waals surface area contributed by atoms with Crippen LogP contribution in [0.25, 0.3) is 0 Å². The molecule has 4 rings (SSSR count). The number of benzene rings is 2. The van der Waals surface area contributed by atoms with E-state index < -0.39 is 0 Å². The van der Waals surface area contributed by atoms with E-state index in [-0.39, 0.29) is 12.1 Å². The summed E-state index contributed by atoms with van der Waals surface area (Å²) < 4.78 is 11.1. The van der Waals surface area contributed by atoms with E-state index in [4.69, 9.17) is 9.47 Å². The van der Waals surface area contributed by atoms with Crippen LogP contribution in [0.1, 0.15) is 30.0 Å². The van der Waals surface area contributed by atoms with Crippen molar-refractivity contribution in [3.05, 3.63) is 53.6 Å². The molecule has 2 aliphatic heterocycles. The smallest absolute Gasteiger partial charge is 0.322 e. The van der Waals surface area contributed by atoms with Crippen molar-refractivity contribution in [2.75, 3.05) is 25.1 Å². The fourth-order valence-corrected chi connectivity index (χ4v) is 3.46. The van der Waals surface area contributed by atoms with E-state index in [2.05, 4.69) is 36.5 Å². The molecule has 1 fully saturated rings. The summed E-state index contributed by atoms with van der Waals surface area (Å²) in [5.41, 5.74) is 3.15. The van der Waals surface area contributed by atoms with Crippen LogP contribution in [0.3, 0.4) is 0 Å². The van der Waals surface area contributed by atoms with Crippen molar-refractivity contribution in [1.82, 2.24) is 4.90 Å². The number of hydrogen-bond donors (Lipinski definition) is 1. The highest BCUT2D eigenvalue weighted by Gasteiger charge is 2.30. The van der Waals surface area contributed by atoms with Crippen LogP contribution in [0.4, 0.5) is 10.5 Å². The zero-order chi connectivity index (χ0) is 17.2. The molecule has 2 heterocycles. The Morgan fingerprint density at radius 1 is 1.08 bits per heavy atom. The molecule has 130 valence electrons. The molecule has 0 radical (unpaired) electrons. The minimum absolute atomic E-state index is 0.0697. The number of anilines is 1. The first kappa shape index (κ1) is 15.8. The number of fused-ring (bicyclic) bond motifs is 1. The molecule has 5 heteroatoms. The van der Waals surface area contributed by atoms with Gasteiger partial charge < -0.3 is 19.7 Å². The minimum Gasteiger partial charge on any atom is -0.486 e. The normalized spacial score (nSPS) is 18.9. The highest BCUT2D eigenvalue weighted by molar-refractivity contribution is 5.90. The first-order valence-corrected chi connectivity index (χ1v) is 8.74. The van der Waals surface area contributed by atoms with Crippen molar-refractivity contribution in [2.45, 2.75) is 25.8 Å². The van der Waals surface area contributed by atoms with E-state index in [1.807, 2.05) is 23.1 Å². The molecular weight excluding hydrogens is 316 g/mol. The van der Waals surface area contributed by atoms with Crippen molar-refractivity contribution in [3.8, 4) is 11.5 Å². The lowest BCUT2D eigenvalue weighted by molar-refractivity contribution is 0.171. The molecule has 2 aromatic carbocycles. The largest absolute Gasteiger partial charge is 0.486 e.